The number of hydrogen-bond acceptors (Lipinski definition) is 4. The van der Waals surface area contributed by atoms with Crippen LogP contribution in [0.1, 0.15) is 22.8 Å². The topological polar surface area (TPSA) is 96.0 Å². The second kappa shape index (κ2) is 5.07. The molecule has 0 aliphatic heterocycles. The van der Waals surface area contributed by atoms with Crippen molar-refractivity contribution in [1.82, 2.24) is 5.32 Å². The molecule has 1 aromatic carbocycles. The summed E-state index contributed by atoms with van der Waals surface area (Å²) in [5.74, 6) is -0.411. The molecule has 0 aliphatic rings. The largest absolute Gasteiger partial charge is 0.337 e. The highest BCUT2D eigenvalue weighted by atomic mass is 16.6. The molecule has 88 valence electrons. The number of carbonyl (C=O) groups is 1. The molecule has 0 heterocycles. The smallest absolute Gasteiger partial charge is 0.269 e. The standard InChI is InChI=1S/C11H11N3O3/c1-7-5-9(14(16)17)3-4-10(7)11(15)13-8(2)6-12/h3-5,8H,1-2H3,(H,13,15). The van der Waals surface area contributed by atoms with Crippen molar-refractivity contribution in [3.63, 3.8) is 0 Å². The van der Waals surface area contributed by atoms with Crippen LogP contribution in [0.4, 0.5) is 5.69 Å². The first-order valence-electron chi connectivity index (χ1n) is 4.91. The van der Waals surface area contributed by atoms with Gasteiger partial charge in [-0.15, -0.1) is 0 Å². The van der Waals surface area contributed by atoms with Gasteiger partial charge in [-0.3, -0.25) is 14.9 Å². The molecular weight excluding hydrogens is 222 g/mol. The zero-order chi connectivity index (χ0) is 13.0. The molecule has 0 aliphatic carbocycles. The molecule has 0 spiro atoms. The Balaban J connectivity index is 2.97. The molecule has 1 N–H and O–H groups in total. The third-order valence-corrected chi connectivity index (χ3v) is 2.21. The Hall–Kier alpha value is -2.42. The van der Waals surface area contributed by atoms with E-state index in [0.717, 1.165) is 0 Å². The van der Waals surface area contributed by atoms with E-state index in [2.05, 4.69) is 5.32 Å². The maximum absolute atomic E-state index is 11.7. The minimum Gasteiger partial charge on any atom is -0.337 e. The first-order chi connectivity index (χ1) is 7.95. The van der Waals surface area contributed by atoms with Crippen LogP contribution in [0, 0.1) is 28.4 Å². The predicted octanol–water partition coefficient (Wildman–Crippen LogP) is 1.55. The zero-order valence-electron chi connectivity index (χ0n) is 9.43. The van der Waals surface area contributed by atoms with E-state index < -0.39 is 16.9 Å². The van der Waals surface area contributed by atoms with Gasteiger partial charge >= 0.3 is 0 Å². The second-order valence-corrected chi connectivity index (χ2v) is 3.58. The molecule has 1 rings (SSSR count). The molecular formula is C11H11N3O3. The van der Waals surface area contributed by atoms with Gasteiger partial charge in [0, 0.05) is 17.7 Å². The van der Waals surface area contributed by atoms with Gasteiger partial charge in [-0.2, -0.15) is 5.26 Å². The van der Waals surface area contributed by atoms with E-state index in [1.807, 2.05) is 6.07 Å². The van der Waals surface area contributed by atoms with Gasteiger partial charge < -0.3 is 5.32 Å². The van der Waals surface area contributed by atoms with Gasteiger partial charge in [-0.1, -0.05) is 0 Å². The zero-order valence-corrected chi connectivity index (χ0v) is 9.43. The number of carbonyl (C=O) groups excluding carboxylic acids is 1. The number of rotatable bonds is 3. The van der Waals surface area contributed by atoms with E-state index in [0.29, 0.717) is 11.1 Å². The fraction of sp³-hybridized carbons (Fsp3) is 0.273. The summed E-state index contributed by atoms with van der Waals surface area (Å²) in [5.41, 5.74) is 0.770. The number of nitrogens with zero attached hydrogens (tertiary/aromatic N) is 2. The molecule has 1 aromatic rings. The quantitative estimate of drug-likeness (QED) is 0.632. The molecule has 1 atom stereocenters. The van der Waals surface area contributed by atoms with Crippen molar-refractivity contribution >= 4 is 11.6 Å². The maximum Gasteiger partial charge on any atom is 0.269 e. The lowest BCUT2D eigenvalue weighted by Crippen LogP contribution is -2.31. The van der Waals surface area contributed by atoms with Crippen molar-refractivity contribution < 1.29 is 9.72 Å². The third kappa shape index (κ3) is 3.01. The van der Waals surface area contributed by atoms with Crippen LogP contribution in [0.15, 0.2) is 18.2 Å². The SMILES string of the molecule is Cc1cc([N+](=O)[O-])ccc1C(=O)NC(C)C#N. The fourth-order valence-electron chi connectivity index (χ4n) is 1.32. The molecule has 6 heteroatoms. The normalized spacial score (nSPS) is 11.4. The molecule has 17 heavy (non-hydrogen) atoms. The van der Waals surface area contributed by atoms with Gasteiger partial charge in [0.05, 0.1) is 11.0 Å². The van der Waals surface area contributed by atoms with Crippen LogP contribution in [0.5, 0.6) is 0 Å². The Morgan fingerprint density at radius 3 is 2.71 bits per heavy atom. The van der Waals surface area contributed by atoms with Crippen molar-refractivity contribution in [2.24, 2.45) is 0 Å². The number of aryl methyl sites for hydroxylation is 1. The van der Waals surface area contributed by atoms with E-state index in [4.69, 9.17) is 5.26 Å². The third-order valence-electron chi connectivity index (χ3n) is 2.21. The van der Waals surface area contributed by atoms with Crippen LogP contribution in [-0.2, 0) is 0 Å². The van der Waals surface area contributed by atoms with E-state index >= 15 is 0 Å². The number of nitro groups is 1. The Morgan fingerprint density at radius 2 is 2.24 bits per heavy atom. The highest BCUT2D eigenvalue weighted by Gasteiger charge is 2.14. The number of hydrogen-bond donors (Lipinski definition) is 1. The van der Waals surface area contributed by atoms with E-state index in [9.17, 15) is 14.9 Å². The van der Waals surface area contributed by atoms with E-state index in [1.54, 1.807) is 13.8 Å². The van der Waals surface area contributed by atoms with Crippen LogP contribution in [0.25, 0.3) is 0 Å². The van der Waals surface area contributed by atoms with Crippen molar-refractivity contribution in [1.29, 1.82) is 5.26 Å². The van der Waals surface area contributed by atoms with Gasteiger partial charge in [-0.05, 0) is 25.5 Å². The number of nitriles is 1. The van der Waals surface area contributed by atoms with Gasteiger partial charge in [0.15, 0.2) is 0 Å². The van der Waals surface area contributed by atoms with Crippen LogP contribution in [0.3, 0.4) is 0 Å². The predicted molar refractivity (Wildman–Crippen MR) is 60.4 cm³/mol. The summed E-state index contributed by atoms with van der Waals surface area (Å²) in [6.07, 6.45) is 0. The summed E-state index contributed by atoms with van der Waals surface area (Å²) in [5, 5.41) is 21.5. The Labute approximate surface area is 98.0 Å². The molecule has 1 amide bonds. The number of nitro benzene ring substituents is 1. The first kappa shape index (κ1) is 12.6. The summed E-state index contributed by atoms with van der Waals surface area (Å²) < 4.78 is 0. The number of amides is 1. The lowest BCUT2D eigenvalue weighted by molar-refractivity contribution is -0.384. The lowest BCUT2D eigenvalue weighted by Gasteiger charge is -2.08. The van der Waals surface area contributed by atoms with Gasteiger partial charge in [0.25, 0.3) is 11.6 Å². The van der Waals surface area contributed by atoms with Crippen molar-refractivity contribution in [2.45, 2.75) is 19.9 Å². The molecule has 6 nitrogen and oxygen atoms in total. The Morgan fingerprint density at radius 1 is 1.59 bits per heavy atom. The molecule has 0 saturated carbocycles. The van der Waals surface area contributed by atoms with Crippen molar-refractivity contribution in [2.75, 3.05) is 0 Å². The van der Waals surface area contributed by atoms with Gasteiger partial charge in [0.2, 0.25) is 0 Å². The van der Waals surface area contributed by atoms with Crippen LogP contribution in [-0.4, -0.2) is 16.9 Å². The molecule has 0 bridgehead atoms. The molecule has 0 saturated heterocycles. The van der Waals surface area contributed by atoms with E-state index in [-0.39, 0.29) is 5.69 Å². The summed E-state index contributed by atoms with van der Waals surface area (Å²) in [6.45, 7) is 3.16. The van der Waals surface area contributed by atoms with Crippen LogP contribution >= 0.6 is 0 Å². The highest BCUT2D eigenvalue weighted by molar-refractivity contribution is 5.96. The molecule has 0 fully saturated rings. The second-order valence-electron chi connectivity index (χ2n) is 3.58. The number of nitrogens with one attached hydrogen (secondary N) is 1. The minimum absolute atomic E-state index is 0.0626. The Bertz CT molecular complexity index is 505. The number of non-ortho nitro benzene ring substituents is 1. The molecule has 0 aromatic heterocycles. The summed E-state index contributed by atoms with van der Waals surface area (Å²) in [6, 6.07) is 5.24. The first-order valence-corrected chi connectivity index (χ1v) is 4.91. The molecule has 1 unspecified atom stereocenters. The summed E-state index contributed by atoms with van der Waals surface area (Å²) in [7, 11) is 0. The summed E-state index contributed by atoms with van der Waals surface area (Å²) >= 11 is 0. The van der Waals surface area contributed by atoms with Crippen LogP contribution < -0.4 is 5.32 Å². The highest BCUT2D eigenvalue weighted by Crippen LogP contribution is 2.17. The van der Waals surface area contributed by atoms with Gasteiger partial charge in [0.1, 0.15) is 6.04 Å². The molecule has 0 radical (unpaired) electrons. The fourth-order valence-corrected chi connectivity index (χ4v) is 1.32. The Kier molecular flexibility index (Phi) is 3.78. The maximum atomic E-state index is 11.7. The van der Waals surface area contributed by atoms with E-state index in [1.165, 1.54) is 18.2 Å². The minimum atomic E-state index is -0.600. The average molecular weight is 233 g/mol. The van der Waals surface area contributed by atoms with Crippen molar-refractivity contribution in [3.8, 4) is 6.07 Å². The lowest BCUT2D eigenvalue weighted by atomic mass is 10.1. The summed E-state index contributed by atoms with van der Waals surface area (Å²) in [4.78, 5) is 21.7. The van der Waals surface area contributed by atoms with Crippen molar-refractivity contribution in [3.05, 3.63) is 39.4 Å². The number of benzene rings is 1. The monoisotopic (exact) mass is 233 g/mol. The average Bonchev–Trinajstić information content (AvgIpc) is 2.28. The van der Waals surface area contributed by atoms with Crippen LogP contribution in [0.2, 0.25) is 0 Å². The van der Waals surface area contributed by atoms with Gasteiger partial charge in [-0.25, -0.2) is 0 Å².